The van der Waals surface area contributed by atoms with Gasteiger partial charge >= 0.3 is 0 Å². The van der Waals surface area contributed by atoms with Crippen LogP contribution in [0.15, 0.2) is 23.1 Å². The predicted octanol–water partition coefficient (Wildman–Crippen LogP) is -0.0473. The zero-order valence-electron chi connectivity index (χ0n) is 15.2. The highest BCUT2D eigenvalue weighted by Crippen LogP contribution is 2.29. The Balaban J connectivity index is 1.73. The molecule has 0 spiro atoms. The van der Waals surface area contributed by atoms with E-state index in [0.29, 0.717) is 26.2 Å². The van der Waals surface area contributed by atoms with E-state index >= 15 is 0 Å². The lowest BCUT2D eigenvalue weighted by atomic mass is 9.94. The summed E-state index contributed by atoms with van der Waals surface area (Å²) >= 11 is 0. The molecule has 2 amide bonds. The Hall–Kier alpha value is -2.35. The van der Waals surface area contributed by atoms with Crippen LogP contribution in [0.4, 0.5) is 0 Å². The Labute approximate surface area is 152 Å². The van der Waals surface area contributed by atoms with Gasteiger partial charge in [0.05, 0.1) is 19.6 Å². The normalized spacial score (nSPS) is 22.5. The summed E-state index contributed by atoms with van der Waals surface area (Å²) in [5, 5.41) is 0. The third-order valence-corrected chi connectivity index (χ3v) is 5.19. The molecule has 2 atom stereocenters. The molecule has 8 heteroatoms. The summed E-state index contributed by atoms with van der Waals surface area (Å²) in [7, 11) is 3.04. The molecular weight excluding hydrogens is 338 g/mol. The zero-order chi connectivity index (χ0) is 18.7. The maximum Gasteiger partial charge on any atom is 0.293 e. The molecule has 8 nitrogen and oxygen atoms in total. The van der Waals surface area contributed by atoms with E-state index in [2.05, 4.69) is 0 Å². The molecule has 4 rings (SSSR count). The summed E-state index contributed by atoms with van der Waals surface area (Å²) in [6.07, 6.45) is 3.27. The van der Waals surface area contributed by atoms with Gasteiger partial charge in [-0.3, -0.25) is 14.4 Å². The number of hydrogen-bond donors (Lipinski definition) is 0. The first-order chi connectivity index (χ1) is 12.5. The van der Waals surface area contributed by atoms with Crippen molar-refractivity contribution in [3.63, 3.8) is 0 Å². The minimum absolute atomic E-state index is 0.0161. The number of rotatable bonds is 6. The van der Waals surface area contributed by atoms with Crippen molar-refractivity contribution in [3.8, 4) is 5.75 Å². The van der Waals surface area contributed by atoms with Crippen molar-refractivity contribution in [2.75, 3.05) is 40.5 Å². The molecule has 3 fully saturated rings. The van der Waals surface area contributed by atoms with E-state index in [0.717, 1.165) is 12.8 Å². The first kappa shape index (κ1) is 18.4. The van der Waals surface area contributed by atoms with Gasteiger partial charge in [0, 0.05) is 39.0 Å². The highest BCUT2D eigenvalue weighted by molar-refractivity contribution is 5.83. The monoisotopic (exact) mass is 363 g/mol. The maximum atomic E-state index is 12.8. The Morgan fingerprint density at radius 2 is 2.04 bits per heavy atom. The molecule has 0 N–H and O–H groups in total. The number of nitrogens with zero attached hydrogens (tertiary/aromatic N) is 3. The number of methoxy groups -OCH3 is 2. The lowest BCUT2D eigenvalue weighted by Crippen LogP contribution is -2.49. The third kappa shape index (κ3) is 3.60. The summed E-state index contributed by atoms with van der Waals surface area (Å²) in [5.74, 6) is -0.0143. The SMILES string of the molecule is COCCN1C(=O)[C@H]2CC[C@@H]1CN(C(=O)Cn1cccc(OC)c1=O)C2. The average molecular weight is 363 g/mol. The maximum absolute atomic E-state index is 12.8. The second kappa shape index (κ2) is 7.90. The number of aromatic nitrogens is 1. The topological polar surface area (TPSA) is 81.1 Å². The summed E-state index contributed by atoms with van der Waals surface area (Å²) < 4.78 is 11.5. The predicted molar refractivity (Wildman–Crippen MR) is 93.9 cm³/mol. The quantitative estimate of drug-likeness (QED) is 0.708. The number of hydrogen-bond acceptors (Lipinski definition) is 5. The molecule has 1 aromatic rings. The molecule has 3 saturated heterocycles. The standard InChI is InChI=1S/C18H25N3O5/c1-25-9-8-21-14-6-5-13(17(21)23)10-20(11-14)16(22)12-19-7-3-4-15(26-2)18(19)24/h3-4,7,13-14H,5-6,8-12H2,1-2H3/t13-,14+/m0/s1. The number of pyridine rings is 1. The molecule has 0 aliphatic carbocycles. The molecule has 142 valence electrons. The van der Waals surface area contributed by atoms with Gasteiger partial charge < -0.3 is 23.8 Å². The van der Waals surface area contributed by atoms with E-state index in [4.69, 9.17) is 9.47 Å². The Bertz CT molecular complexity index is 732. The van der Waals surface area contributed by atoms with E-state index in [-0.39, 0.29) is 41.6 Å². The number of carbonyl (C=O) groups is 2. The Kier molecular flexibility index (Phi) is 5.61. The molecule has 2 bridgehead atoms. The van der Waals surface area contributed by atoms with E-state index < -0.39 is 0 Å². The molecule has 3 aliphatic rings. The van der Waals surface area contributed by atoms with Gasteiger partial charge in [-0.25, -0.2) is 0 Å². The molecule has 0 saturated carbocycles. The highest BCUT2D eigenvalue weighted by atomic mass is 16.5. The van der Waals surface area contributed by atoms with Gasteiger partial charge in [0.15, 0.2) is 5.75 Å². The molecule has 0 aromatic carbocycles. The number of piperidine rings is 1. The fourth-order valence-electron chi connectivity index (χ4n) is 3.77. The number of amides is 2. The number of carbonyl (C=O) groups excluding carboxylic acids is 2. The fraction of sp³-hybridized carbons (Fsp3) is 0.611. The van der Waals surface area contributed by atoms with Crippen LogP contribution < -0.4 is 10.3 Å². The van der Waals surface area contributed by atoms with E-state index in [9.17, 15) is 14.4 Å². The van der Waals surface area contributed by atoms with Gasteiger partial charge in [0.1, 0.15) is 6.54 Å². The molecule has 3 aliphatic heterocycles. The zero-order valence-corrected chi connectivity index (χ0v) is 15.2. The molecule has 0 radical (unpaired) electrons. The van der Waals surface area contributed by atoms with E-state index in [1.54, 1.807) is 30.3 Å². The molecule has 4 heterocycles. The van der Waals surface area contributed by atoms with Crippen LogP contribution in [0.5, 0.6) is 5.75 Å². The first-order valence-corrected chi connectivity index (χ1v) is 8.85. The second-order valence-electron chi connectivity index (χ2n) is 6.76. The van der Waals surface area contributed by atoms with Crippen molar-refractivity contribution in [2.24, 2.45) is 5.92 Å². The summed E-state index contributed by atoms with van der Waals surface area (Å²) in [6, 6.07) is 3.26. The van der Waals surface area contributed by atoms with Crippen LogP contribution in [-0.2, 0) is 20.9 Å². The van der Waals surface area contributed by atoms with Crippen LogP contribution in [0.2, 0.25) is 0 Å². The van der Waals surface area contributed by atoms with Crippen molar-refractivity contribution in [2.45, 2.75) is 25.4 Å². The third-order valence-electron chi connectivity index (χ3n) is 5.19. The summed E-state index contributed by atoms with van der Waals surface area (Å²) in [5.41, 5.74) is -0.334. The van der Waals surface area contributed by atoms with Gasteiger partial charge in [-0.15, -0.1) is 0 Å². The van der Waals surface area contributed by atoms with E-state index in [1.807, 2.05) is 4.90 Å². The van der Waals surface area contributed by atoms with Gasteiger partial charge in [0.25, 0.3) is 5.56 Å². The van der Waals surface area contributed by atoms with Crippen molar-refractivity contribution < 1.29 is 19.1 Å². The van der Waals surface area contributed by atoms with E-state index in [1.165, 1.54) is 11.7 Å². The minimum Gasteiger partial charge on any atom is -0.491 e. The van der Waals surface area contributed by atoms with Crippen molar-refractivity contribution in [1.82, 2.24) is 14.4 Å². The Morgan fingerprint density at radius 3 is 2.77 bits per heavy atom. The molecular formula is C18H25N3O5. The van der Waals surface area contributed by atoms with Crippen LogP contribution in [0.3, 0.4) is 0 Å². The average Bonchev–Trinajstić information content (AvgIpc) is 2.93. The lowest BCUT2D eigenvalue weighted by Gasteiger charge is -2.35. The van der Waals surface area contributed by atoms with Gasteiger partial charge in [0.2, 0.25) is 11.8 Å². The largest absolute Gasteiger partial charge is 0.491 e. The summed E-state index contributed by atoms with van der Waals surface area (Å²) in [4.78, 5) is 41.2. The van der Waals surface area contributed by atoms with Crippen LogP contribution >= 0.6 is 0 Å². The van der Waals surface area contributed by atoms with Gasteiger partial charge in [-0.1, -0.05) is 0 Å². The van der Waals surface area contributed by atoms with Crippen LogP contribution in [-0.4, -0.2) is 72.7 Å². The second-order valence-corrected chi connectivity index (χ2v) is 6.76. The first-order valence-electron chi connectivity index (χ1n) is 8.85. The molecule has 26 heavy (non-hydrogen) atoms. The van der Waals surface area contributed by atoms with Crippen molar-refractivity contribution in [1.29, 1.82) is 0 Å². The van der Waals surface area contributed by atoms with Gasteiger partial charge in [-0.2, -0.15) is 0 Å². The van der Waals surface area contributed by atoms with Crippen LogP contribution in [0, 0.1) is 5.92 Å². The van der Waals surface area contributed by atoms with Crippen LogP contribution in [0.1, 0.15) is 12.8 Å². The van der Waals surface area contributed by atoms with Crippen LogP contribution in [0.25, 0.3) is 0 Å². The molecule has 0 unspecified atom stereocenters. The fourth-order valence-corrected chi connectivity index (χ4v) is 3.77. The summed E-state index contributed by atoms with van der Waals surface area (Å²) in [6.45, 7) is 1.90. The Morgan fingerprint density at radius 1 is 1.23 bits per heavy atom. The highest BCUT2D eigenvalue weighted by Gasteiger charge is 2.41. The van der Waals surface area contributed by atoms with Crippen molar-refractivity contribution >= 4 is 11.8 Å². The number of fused-ring (bicyclic) bond motifs is 4. The van der Waals surface area contributed by atoms with Gasteiger partial charge in [-0.05, 0) is 25.0 Å². The number of ether oxygens (including phenoxy) is 2. The molecule has 1 aromatic heterocycles. The smallest absolute Gasteiger partial charge is 0.293 e. The van der Waals surface area contributed by atoms with Crippen molar-refractivity contribution in [3.05, 3.63) is 28.7 Å². The minimum atomic E-state index is -0.334. The lowest BCUT2D eigenvalue weighted by molar-refractivity contribution is -0.140.